The summed E-state index contributed by atoms with van der Waals surface area (Å²) in [5, 5.41) is 15.5. The second-order valence-electron chi connectivity index (χ2n) is 8.94. The topological polar surface area (TPSA) is 124 Å². The van der Waals surface area contributed by atoms with Gasteiger partial charge in [0.25, 0.3) is 5.91 Å². The zero-order chi connectivity index (χ0) is 27.8. The molecular weight excluding hydrogens is 538 g/mol. The Bertz CT molecular complexity index is 1340. The van der Waals surface area contributed by atoms with Gasteiger partial charge in [-0.3, -0.25) is 9.59 Å². The molecule has 0 unspecified atom stereocenters. The first-order valence-electron chi connectivity index (χ1n) is 13.0. The van der Waals surface area contributed by atoms with Gasteiger partial charge in [-0.2, -0.15) is 0 Å². The van der Waals surface area contributed by atoms with Crippen molar-refractivity contribution in [1.29, 1.82) is 0 Å². The van der Waals surface area contributed by atoms with Crippen LogP contribution in [0.4, 0.5) is 5.00 Å². The first-order valence-corrected chi connectivity index (χ1v) is 14.8. The van der Waals surface area contributed by atoms with Crippen LogP contribution in [0.5, 0.6) is 5.75 Å². The molecule has 1 aliphatic carbocycles. The molecule has 4 rings (SSSR count). The van der Waals surface area contributed by atoms with Crippen LogP contribution in [-0.4, -0.2) is 52.0 Å². The average Bonchev–Trinajstić information content (AvgIpc) is 3.64. The van der Waals surface area contributed by atoms with Crippen molar-refractivity contribution in [1.82, 2.24) is 20.1 Å². The van der Waals surface area contributed by atoms with E-state index in [4.69, 9.17) is 9.47 Å². The third-order valence-electron chi connectivity index (χ3n) is 6.25. The number of hydrogen-bond acceptors (Lipinski definition) is 9. The molecular formula is C27H33N5O5S2. The van der Waals surface area contributed by atoms with Crippen LogP contribution in [0.1, 0.15) is 70.1 Å². The maximum absolute atomic E-state index is 12.9. The third kappa shape index (κ3) is 6.99. The quantitative estimate of drug-likeness (QED) is 0.227. The molecule has 208 valence electrons. The average molecular weight is 572 g/mol. The molecule has 0 saturated heterocycles. The predicted molar refractivity (Wildman–Crippen MR) is 151 cm³/mol. The molecule has 0 atom stereocenters. The van der Waals surface area contributed by atoms with E-state index >= 15 is 0 Å². The Hall–Kier alpha value is -3.38. The summed E-state index contributed by atoms with van der Waals surface area (Å²) in [6, 6.07) is 6.93. The van der Waals surface area contributed by atoms with Crippen LogP contribution in [-0.2, 0) is 35.5 Å². The lowest BCUT2D eigenvalue weighted by Crippen LogP contribution is -2.25. The molecule has 12 heteroatoms. The van der Waals surface area contributed by atoms with Gasteiger partial charge in [-0.1, -0.05) is 31.2 Å². The molecule has 1 aromatic carbocycles. The van der Waals surface area contributed by atoms with Gasteiger partial charge in [-0.15, -0.1) is 21.5 Å². The fraction of sp³-hybridized carbons (Fsp3) is 0.444. The summed E-state index contributed by atoms with van der Waals surface area (Å²) in [5.41, 5.74) is 1.98. The number of methoxy groups -OCH3 is 1. The predicted octanol–water partition coefficient (Wildman–Crippen LogP) is 4.47. The number of nitrogens with one attached hydrogen (secondary N) is 2. The van der Waals surface area contributed by atoms with Gasteiger partial charge in [0, 0.05) is 17.0 Å². The van der Waals surface area contributed by atoms with Crippen LogP contribution in [0.3, 0.4) is 0 Å². The molecule has 2 aromatic heterocycles. The van der Waals surface area contributed by atoms with Gasteiger partial charge in [0.1, 0.15) is 10.8 Å². The second-order valence-corrected chi connectivity index (χ2v) is 11.0. The van der Waals surface area contributed by atoms with E-state index in [0.717, 1.165) is 42.5 Å². The minimum atomic E-state index is -0.389. The lowest BCUT2D eigenvalue weighted by atomic mass is 10.1. The van der Waals surface area contributed by atoms with Gasteiger partial charge in [-0.25, -0.2) is 4.79 Å². The van der Waals surface area contributed by atoms with E-state index in [2.05, 4.69) is 27.8 Å². The zero-order valence-corrected chi connectivity index (χ0v) is 24.0. The first kappa shape index (κ1) is 28.6. The number of carbonyl (C=O) groups excluding carboxylic acids is 3. The summed E-state index contributed by atoms with van der Waals surface area (Å²) in [4.78, 5) is 39.3. The molecule has 0 spiro atoms. The van der Waals surface area contributed by atoms with E-state index in [-0.39, 0.29) is 36.7 Å². The Balaban J connectivity index is 1.40. The number of benzene rings is 1. The van der Waals surface area contributed by atoms with Crippen molar-refractivity contribution >= 4 is 45.9 Å². The monoisotopic (exact) mass is 571 g/mol. The van der Waals surface area contributed by atoms with E-state index in [9.17, 15) is 14.4 Å². The number of ether oxygens (including phenoxy) is 2. The van der Waals surface area contributed by atoms with Gasteiger partial charge < -0.3 is 24.7 Å². The molecule has 2 amide bonds. The number of thioether (sulfide) groups is 1. The van der Waals surface area contributed by atoms with Crippen molar-refractivity contribution in [3.63, 3.8) is 0 Å². The van der Waals surface area contributed by atoms with Crippen LogP contribution < -0.4 is 15.4 Å². The summed E-state index contributed by atoms with van der Waals surface area (Å²) in [5.74, 6) is 0.454. The SMILES string of the molecule is CCCCn1c(CNC(=O)c2cccc(OC)c2)nnc1SCC(=O)Nc1sc2c(c1C(=O)OCC)CCC2. The number of esters is 1. The Morgan fingerprint density at radius 3 is 2.79 bits per heavy atom. The number of amides is 2. The molecule has 2 N–H and O–H groups in total. The summed E-state index contributed by atoms with van der Waals surface area (Å²) < 4.78 is 12.4. The molecule has 0 saturated carbocycles. The molecule has 0 radical (unpaired) electrons. The van der Waals surface area contributed by atoms with Crippen LogP contribution >= 0.6 is 23.1 Å². The molecule has 0 fully saturated rings. The maximum atomic E-state index is 12.9. The van der Waals surface area contributed by atoms with Crippen molar-refractivity contribution in [2.75, 3.05) is 24.8 Å². The minimum absolute atomic E-state index is 0.102. The van der Waals surface area contributed by atoms with Crippen molar-refractivity contribution in [3.8, 4) is 5.75 Å². The Morgan fingerprint density at radius 2 is 2.03 bits per heavy atom. The van der Waals surface area contributed by atoms with E-state index < -0.39 is 0 Å². The van der Waals surface area contributed by atoms with Crippen molar-refractivity contribution < 1.29 is 23.9 Å². The lowest BCUT2D eigenvalue weighted by molar-refractivity contribution is -0.113. The number of aryl methyl sites for hydroxylation is 1. The maximum Gasteiger partial charge on any atom is 0.341 e. The molecule has 3 aromatic rings. The highest BCUT2D eigenvalue weighted by atomic mass is 32.2. The largest absolute Gasteiger partial charge is 0.497 e. The van der Waals surface area contributed by atoms with Gasteiger partial charge in [0.2, 0.25) is 5.91 Å². The fourth-order valence-corrected chi connectivity index (χ4v) is 6.40. The lowest BCUT2D eigenvalue weighted by Gasteiger charge is -2.11. The highest BCUT2D eigenvalue weighted by Crippen LogP contribution is 2.39. The van der Waals surface area contributed by atoms with Crippen LogP contribution in [0.15, 0.2) is 29.4 Å². The van der Waals surface area contributed by atoms with Crippen molar-refractivity contribution in [3.05, 3.63) is 51.7 Å². The van der Waals surface area contributed by atoms with E-state index in [1.807, 2.05) is 4.57 Å². The van der Waals surface area contributed by atoms with Crippen LogP contribution in [0.25, 0.3) is 0 Å². The molecule has 2 heterocycles. The summed E-state index contributed by atoms with van der Waals surface area (Å²) in [6.07, 6.45) is 4.61. The molecule has 39 heavy (non-hydrogen) atoms. The number of thiophene rings is 1. The van der Waals surface area contributed by atoms with Gasteiger partial charge >= 0.3 is 5.97 Å². The summed E-state index contributed by atoms with van der Waals surface area (Å²) >= 11 is 2.73. The number of fused-ring (bicyclic) bond motifs is 1. The standard InChI is InChI=1S/C27H33N5O5S2/c1-4-6-13-32-21(15-28-24(34)17-9-7-10-18(14-17)36-3)30-31-27(32)38-16-22(33)29-25-23(26(35)37-5-2)19-11-8-12-20(19)39-25/h7,9-10,14H,4-6,8,11-13,15-16H2,1-3H3,(H,28,34)(H,29,33). The second kappa shape index (κ2) is 13.6. The normalized spacial score (nSPS) is 12.2. The molecule has 0 bridgehead atoms. The van der Waals surface area contributed by atoms with Gasteiger partial charge in [0.05, 0.1) is 31.6 Å². The van der Waals surface area contributed by atoms with Crippen molar-refractivity contribution in [2.45, 2.75) is 64.2 Å². The number of unbranched alkanes of at least 4 members (excludes halogenated alkanes) is 1. The Morgan fingerprint density at radius 1 is 1.18 bits per heavy atom. The number of carbonyl (C=O) groups is 3. The zero-order valence-electron chi connectivity index (χ0n) is 22.4. The van der Waals surface area contributed by atoms with Crippen molar-refractivity contribution in [2.24, 2.45) is 0 Å². The number of aromatic nitrogens is 3. The fourth-order valence-electron chi connectivity index (χ4n) is 4.33. The highest BCUT2D eigenvalue weighted by molar-refractivity contribution is 7.99. The molecule has 1 aliphatic rings. The molecule has 0 aliphatic heterocycles. The molecule has 10 nitrogen and oxygen atoms in total. The minimum Gasteiger partial charge on any atom is -0.497 e. The summed E-state index contributed by atoms with van der Waals surface area (Å²) in [6.45, 7) is 5.01. The number of nitrogens with zero attached hydrogens (tertiary/aromatic N) is 3. The van der Waals surface area contributed by atoms with Gasteiger partial charge in [0.15, 0.2) is 11.0 Å². The van der Waals surface area contributed by atoms with Crippen LogP contribution in [0, 0.1) is 0 Å². The Labute approximate surface area is 235 Å². The summed E-state index contributed by atoms with van der Waals surface area (Å²) in [7, 11) is 1.55. The van der Waals surface area contributed by atoms with E-state index in [1.165, 1.54) is 23.1 Å². The smallest absolute Gasteiger partial charge is 0.341 e. The highest BCUT2D eigenvalue weighted by Gasteiger charge is 2.28. The third-order valence-corrected chi connectivity index (χ3v) is 8.43. The Kier molecular flexibility index (Phi) is 9.99. The first-order chi connectivity index (χ1) is 18.9. The van der Waals surface area contributed by atoms with E-state index in [0.29, 0.717) is 39.4 Å². The number of rotatable bonds is 13. The van der Waals surface area contributed by atoms with E-state index in [1.54, 1.807) is 38.3 Å². The van der Waals surface area contributed by atoms with Gasteiger partial charge in [-0.05, 0) is 56.4 Å². The van der Waals surface area contributed by atoms with Crippen LogP contribution in [0.2, 0.25) is 0 Å². The number of hydrogen-bond donors (Lipinski definition) is 2. The number of anilines is 1.